The van der Waals surface area contributed by atoms with Gasteiger partial charge in [0.2, 0.25) is 0 Å². The number of cyclic esters (lactones) is 1. The van der Waals surface area contributed by atoms with Crippen molar-refractivity contribution in [3.63, 3.8) is 0 Å². The van der Waals surface area contributed by atoms with Gasteiger partial charge in [-0.15, -0.1) is 0 Å². The van der Waals surface area contributed by atoms with Crippen molar-refractivity contribution in [2.24, 2.45) is 5.92 Å². The molecule has 0 bridgehead atoms. The van der Waals surface area contributed by atoms with Gasteiger partial charge in [0.05, 0.1) is 6.42 Å². The van der Waals surface area contributed by atoms with Crippen LogP contribution in [0.15, 0.2) is 11.6 Å². The van der Waals surface area contributed by atoms with Crippen molar-refractivity contribution in [1.82, 2.24) is 0 Å². The minimum atomic E-state index is -0.785. The van der Waals surface area contributed by atoms with E-state index in [-0.39, 0.29) is 12.4 Å². The number of allylic oxidation sites excluding steroid dienone is 1. The number of esters is 1. The van der Waals surface area contributed by atoms with Crippen LogP contribution >= 0.6 is 0 Å². The topological polar surface area (TPSA) is 46.5 Å². The Hall–Kier alpha value is -0.830. The third-order valence-corrected chi connectivity index (χ3v) is 4.34. The van der Waals surface area contributed by atoms with E-state index < -0.39 is 11.7 Å². The first-order valence-corrected chi connectivity index (χ1v) is 8.07. The Kier molecular flexibility index (Phi) is 6.74. The maximum Gasteiger partial charge on any atom is 0.309 e. The molecule has 1 fully saturated rings. The summed E-state index contributed by atoms with van der Waals surface area (Å²) in [6, 6.07) is 0. The van der Waals surface area contributed by atoms with E-state index in [0.29, 0.717) is 12.3 Å². The van der Waals surface area contributed by atoms with Crippen LogP contribution in [0.5, 0.6) is 0 Å². The lowest BCUT2D eigenvalue weighted by molar-refractivity contribution is -0.146. The molecule has 0 aliphatic carbocycles. The van der Waals surface area contributed by atoms with Crippen molar-refractivity contribution < 1.29 is 14.6 Å². The van der Waals surface area contributed by atoms with E-state index in [1.54, 1.807) is 0 Å². The zero-order valence-corrected chi connectivity index (χ0v) is 13.4. The number of hydrogen-bond acceptors (Lipinski definition) is 3. The van der Waals surface area contributed by atoms with Gasteiger partial charge in [-0.2, -0.15) is 0 Å². The molecule has 0 aromatic heterocycles. The first-order chi connectivity index (χ1) is 9.47. The maximum atomic E-state index is 11.4. The molecule has 1 aliphatic rings. The summed E-state index contributed by atoms with van der Waals surface area (Å²) in [5.41, 5.74) is 0.511. The number of unbranched alkanes of at least 4 members (excludes halogenated alkanes) is 1. The SMILES string of the molecule is CCCCC(C)C/C(=C/[C@@]1(CC)OC(=O)C[C@@H]1O)CC. The second-order valence-electron chi connectivity index (χ2n) is 6.11. The smallest absolute Gasteiger partial charge is 0.309 e. The Balaban J connectivity index is 2.78. The van der Waals surface area contributed by atoms with E-state index in [0.717, 1.165) is 12.8 Å². The number of carbonyl (C=O) groups excluding carboxylic acids is 1. The van der Waals surface area contributed by atoms with Crippen LogP contribution in [0.3, 0.4) is 0 Å². The summed E-state index contributed by atoms with van der Waals surface area (Å²) < 4.78 is 5.44. The molecular formula is C17H30O3. The van der Waals surface area contributed by atoms with Crippen LogP contribution in [0, 0.1) is 5.92 Å². The highest BCUT2D eigenvalue weighted by molar-refractivity contribution is 5.74. The highest BCUT2D eigenvalue weighted by atomic mass is 16.6. The summed E-state index contributed by atoms with van der Waals surface area (Å²) in [5, 5.41) is 10.1. The van der Waals surface area contributed by atoms with Crippen molar-refractivity contribution in [2.75, 3.05) is 0 Å². The second-order valence-corrected chi connectivity index (χ2v) is 6.11. The van der Waals surface area contributed by atoms with Crippen LogP contribution in [0.25, 0.3) is 0 Å². The Morgan fingerprint density at radius 1 is 1.50 bits per heavy atom. The van der Waals surface area contributed by atoms with E-state index in [4.69, 9.17) is 4.74 Å². The highest BCUT2D eigenvalue weighted by Gasteiger charge is 2.45. The zero-order chi connectivity index (χ0) is 15.2. The number of aliphatic hydroxyl groups excluding tert-OH is 1. The number of hydrogen-bond donors (Lipinski definition) is 1. The largest absolute Gasteiger partial charge is 0.452 e. The van der Waals surface area contributed by atoms with Gasteiger partial charge in [0.1, 0.15) is 6.10 Å². The summed E-state index contributed by atoms with van der Waals surface area (Å²) in [6.45, 7) is 8.58. The molecule has 1 rings (SSSR count). The summed E-state index contributed by atoms with van der Waals surface area (Å²) in [7, 11) is 0. The molecule has 0 amide bonds. The van der Waals surface area contributed by atoms with Gasteiger partial charge in [0.15, 0.2) is 5.60 Å². The Morgan fingerprint density at radius 2 is 2.20 bits per heavy atom. The standard InChI is InChI=1S/C17H30O3/c1-5-8-9-13(4)10-14(6-2)12-17(7-3)15(18)11-16(19)20-17/h12-13,15,18H,5-11H2,1-4H3/b14-12+/t13?,15-,17+/m0/s1. The molecule has 1 aliphatic heterocycles. The minimum Gasteiger partial charge on any atom is -0.452 e. The molecule has 0 aromatic carbocycles. The lowest BCUT2D eigenvalue weighted by atomic mass is 9.87. The number of carbonyl (C=O) groups is 1. The molecule has 1 saturated heterocycles. The third kappa shape index (κ3) is 4.34. The molecule has 3 heteroatoms. The summed E-state index contributed by atoms with van der Waals surface area (Å²) >= 11 is 0. The molecule has 0 saturated carbocycles. The van der Waals surface area contributed by atoms with E-state index in [9.17, 15) is 9.90 Å². The van der Waals surface area contributed by atoms with Gasteiger partial charge >= 0.3 is 5.97 Å². The van der Waals surface area contributed by atoms with E-state index >= 15 is 0 Å². The van der Waals surface area contributed by atoms with Crippen molar-refractivity contribution in [2.45, 2.75) is 84.3 Å². The minimum absolute atomic E-state index is 0.118. The molecule has 3 atom stereocenters. The van der Waals surface area contributed by atoms with E-state index in [1.165, 1.54) is 24.8 Å². The molecule has 3 nitrogen and oxygen atoms in total. The Morgan fingerprint density at radius 3 is 2.65 bits per heavy atom. The van der Waals surface area contributed by atoms with Crippen molar-refractivity contribution in [1.29, 1.82) is 0 Å². The average molecular weight is 282 g/mol. The lowest BCUT2D eigenvalue weighted by Crippen LogP contribution is -2.37. The van der Waals surface area contributed by atoms with Crippen LogP contribution in [-0.4, -0.2) is 22.8 Å². The number of aliphatic hydroxyl groups is 1. The number of rotatable bonds is 8. The molecule has 0 spiro atoms. The lowest BCUT2D eigenvalue weighted by Gasteiger charge is -2.28. The van der Waals surface area contributed by atoms with Gasteiger partial charge in [0.25, 0.3) is 0 Å². The van der Waals surface area contributed by atoms with Crippen LogP contribution in [0.2, 0.25) is 0 Å². The fourth-order valence-corrected chi connectivity index (χ4v) is 2.94. The monoisotopic (exact) mass is 282 g/mol. The second kappa shape index (κ2) is 7.82. The van der Waals surface area contributed by atoms with Crippen molar-refractivity contribution in [3.8, 4) is 0 Å². The maximum absolute atomic E-state index is 11.4. The summed E-state index contributed by atoms with van der Waals surface area (Å²) in [4.78, 5) is 11.4. The van der Waals surface area contributed by atoms with Gasteiger partial charge in [-0.25, -0.2) is 0 Å². The van der Waals surface area contributed by atoms with Gasteiger partial charge in [-0.3, -0.25) is 4.79 Å². The summed E-state index contributed by atoms with van der Waals surface area (Å²) in [5.74, 6) is 0.356. The molecule has 116 valence electrons. The molecule has 1 N–H and O–H groups in total. The van der Waals surface area contributed by atoms with Crippen LogP contribution in [-0.2, 0) is 9.53 Å². The zero-order valence-electron chi connectivity index (χ0n) is 13.4. The molecule has 1 unspecified atom stereocenters. The van der Waals surface area contributed by atoms with Crippen LogP contribution in [0.4, 0.5) is 0 Å². The molecule has 0 radical (unpaired) electrons. The molecular weight excluding hydrogens is 252 g/mol. The van der Waals surface area contributed by atoms with Gasteiger partial charge in [-0.05, 0) is 31.3 Å². The van der Waals surface area contributed by atoms with Gasteiger partial charge < -0.3 is 9.84 Å². The first-order valence-electron chi connectivity index (χ1n) is 8.07. The fraction of sp³-hybridized carbons (Fsp3) is 0.824. The van der Waals surface area contributed by atoms with Crippen molar-refractivity contribution >= 4 is 5.97 Å². The van der Waals surface area contributed by atoms with E-state index in [2.05, 4.69) is 20.8 Å². The molecule has 1 heterocycles. The Bertz CT molecular complexity index is 348. The van der Waals surface area contributed by atoms with Crippen LogP contribution < -0.4 is 0 Å². The average Bonchev–Trinajstić information content (AvgIpc) is 2.70. The van der Waals surface area contributed by atoms with Gasteiger partial charge in [-0.1, -0.05) is 52.5 Å². The van der Waals surface area contributed by atoms with Gasteiger partial charge in [0, 0.05) is 0 Å². The van der Waals surface area contributed by atoms with Crippen LogP contribution in [0.1, 0.15) is 72.6 Å². The predicted molar refractivity (Wildman–Crippen MR) is 81.4 cm³/mol. The molecule has 20 heavy (non-hydrogen) atoms. The van der Waals surface area contributed by atoms with E-state index in [1.807, 2.05) is 13.0 Å². The molecule has 0 aromatic rings. The third-order valence-electron chi connectivity index (χ3n) is 4.34. The fourth-order valence-electron chi connectivity index (χ4n) is 2.94. The number of ether oxygens (including phenoxy) is 1. The first kappa shape index (κ1) is 17.2. The normalized spacial score (nSPS) is 28.6. The highest BCUT2D eigenvalue weighted by Crippen LogP contribution is 2.34. The Labute approximate surface area is 123 Å². The van der Waals surface area contributed by atoms with Crippen molar-refractivity contribution in [3.05, 3.63) is 11.6 Å². The quantitative estimate of drug-likeness (QED) is 0.541. The summed E-state index contributed by atoms with van der Waals surface area (Å²) in [6.07, 6.45) is 7.78. The predicted octanol–water partition coefficient (Wildman–Crippen LogP) is 4.00.